The summed E-state index contributed by atoms with van der Waals surface area (Å²) in [5.41, 5.74) is 2.96. The van der Waals surface area contributed by atoms with E-state index in [1.165, 1.54) is 6.20 Å². The predicted molar refractivity (Wildman–Crippen MR) is 126 cm³/mol. The quantitative estimate of drug-likeness (QED) is 0.400. The van der Waals surface area contributed by atoms with Gasteiger partial charge in [0.15, 0.2) is 5.82 Å². The minimum atomic E-state index is -0.407. The van der Waals surface area contributed by atoms with E-state index >= 15 is 0 Å². The molecule has 5 rings (SSSR count). The molecular weight excluding hydrogens is 435 g/mol. The van der Waals surface area contributed by atoms with Gasteiger partial charge >= 0.3 is 0 Å². The first-order valence-electron chi connectivity index (χ1n) is 11.5. The Bertz CT molecular complexity index is 1290. The average molecular weight is 463 g/mol. The van der Waals surface area contributed by atoms with Crippen molar-refractivity contribution in [1.29, 1.82) is 0 Å². The molecule has 0 aromatic carbocycles. The number of aromatic amines is 1. The zero-order valence-corrected chi connectivity index (χ0v) is 19.1. The summed E-state index contributed by atoms with van der Waals surface area (Å²) >= 11 is 0. The second-order valence-electron chi connectivity index (χ2n) is 9.03. The van der Waals surface area contributed by atoms with E-state index in [1.54, 1.807) is 35.5 Å². The van der Waals surface area contributed by atoms with Gasteiger partial charge in [-0.25, -0.2) is 13.9 Å². The SMILES string of the molecule is CC(C)Nc1c(C(=O)N[C@H]2CC[C@H](c3nc[nH]n3)CC2)cnn2cc(-c3ccncc3F)cc12. The van der Waals surface area contributed by atoms with E-state index in [2.05, 4.69) is 35.9 Å². The Hall–Kier alpha value is -3.82. The lowest BCUT2D eigenvalue weighted by Crippen LogP contribution is -2.38. The molecule has 0 spiro atoms. The number of nitrogens with one attached hydrogen (secondary N) is 3. The maximum Gasteiger partial charge on any atom is 0.255 e. The molecule has 1 aliphatic rings. The van der Waals surface area contributed by atoms with E-state index in [-0.39, 0.29) is 18.0 Å². The zero-order chi connectivity index (χ0) is 23.7. The number of amides is 1. The number of pyridine rings is 1. The fraction of sp³-hybridized carbons (Fsp3) is 0.375. The molecule has 0 unspecified atom stereocenters. The van der Waals surface area contributed by atoms with E-state index in [4.69, 9.17) is 0 Å². The van der Waals surface area contributed by atoms with E-state index in [0.717, 1.165) is 31.5 Å². The first-order chi connectivity index (χ1) is 16.5. The molecule has 3 N–H and O–H groups in total. The molecule has 1 amide bonds. The van der Waals surface area contributed by atoms with Gasteiger partial charge in [0, 0.05) is 41.5 Å². The van der Waals surface area contributed by atoms with Gasteiger partial charge in [0.05, 0.1) is 29.2 Å². The topological polar surface area (TPSA) is 113 Å². The fourth-order valence-corrected chi connectivity index (χ4v) is 4.60. The molecule has 1 fully saturated rings. The third kappa shape index (κ3) is 4.35. The lowest BCUT2D eigenvalue weighted by molar-refractivity contribution is 0.0926. The maximum absolute atomic E-state index is 14.3. The fourth-order valence-electron chi connectivity index (χ4n) is 4.60. The third-order valence-electron chi connectivity index (χ3n) is 6.26. The molecule has 4 heterocycles. The highest BCUT2D eigenvalue weighted by Gasteiger charge is 2.27. The number of anilines is 1. The molecule has 0 aliphatic heterocycles. The van der Waals surface area contributed by atoms with E-state index < -0.39 is 5.82 Å². The first-order valence-corrected chi connectivity index (χ1v) is 11.5. The van der Waals surface area contributed by atoms with Gasteiger partial charge in [-0.1, -0.05) is 0 Å². The van der Waals surface area contributed by atoms with E-state index in [9.17, 15) is 9.18 Å². The highest BCUT2D eigenvalue weighted by Crippen LogP contribution is 2.32. The number of hydrogen-bond donors (Lipinski definition) is 3. The summed E-state index contributed by atoms with van der Waals surface area (Å²) in [4.78, 5) is 21.4. The molecule has 9 nitrogen and oxygen atoms in total. The van der Waals surface area contributed by atoms with E-state index in [1.807, 2.05) is 19.9 Å². The van der Waals surface area contributed by atoms with Gasteiger partial charge in [-0.2, -0.15) is 10.2 Å². The first kappa shape index (κ1) is 22.0. The van der Waals surface area contributed by atoms with Crippen molar-refractivity contribution in [2.75, 3.05) is 5.32 Å². The Morgan fingerprint density at radius 3 is 2.76 bits per heavy atom. The molecule has 0 bridgehead atoms. The molecule has 10 heteroatoms. The Labute approximate surface area is 196 Å². The van der Waals surface area contributed by atoms with Gasteiger partial charge < -0.3 is 10.6 Å². The van der Waals surface area contributed by atoms with Crippen LogP contribution < -0.4 is 10.6 Å². The number of aromatic nitrogens is 6. The number of H-pyrrole nitrogens is 1. The van der Waals surface area contributed by atoms with Crippen LogP contribution in [0.15, 0.2) is 43.2 Å². The normalized spacial score (nSPS) is 18.4. The molecule has 4 aromatic heterocycles. The monoisotopic (exact) mass is 462 g/mol. The summed E-state index contributed by atoms with van der Waals surface area (Å²) in [5.74, 6) is 0.591. The molecular formula is C24H27FN8O. The number of fused-ring (bicyclic) bond motifs is 1. The standard InChI is InChI=1S/C24H27FN8O/c1-14(2)30-22-19(24(34)31-17-5-3-15(4-6-17)23-27-13-28-32-23)10-29-33-12-16(9-21(22)33)18-7-8-26-11-20(18)25/h7-15,17,30H,3-6H2,1-2H3,(H,31,34)(H,27,28,32)/t15-,17-. The van der Waals surface area contributed by atoms with Crippen molar-refractivity contribution in [1.82, 2.24) is 35.1 Å². The second-order valence-corrected chi connectivity index (χ2v) is 9.03. The van der Waals surface area contributed by atoms with Gasteiger partial charge in [0.1, 0.15) is 12.1 Å². The summed E-state index contributed by atoms with van der Waals surface area (Å²) in [6, 6.07) is 3.64. The summed E-state index contributed by atoms with van der Waals surface area (Å²) in [6.45, 7) is 4.02. The smallest absolute Gasteiger partial charge is 0.255 e. The molecule has 0 atom stereocenters. The summed E-state index contributed by atoms with van der Waals surface area (Å²) in [7, 11) is 0. The van der Waals surface area contributed by atoms with Crippen LogP contribution in [0.25, 0.3) is 16.6 Å². The number of halogens is 1. The summed E-state index contributed by atoms with van der Waals surface area (Å²) in [6.07, 6.45) is 11.3. The maximum atomic E-state index is 14.3. The Morgan fingerprint density at radius 2 is 2.06 bits per heavy atom. The average Bonchev–Trinajstić information content (AvgIpc) is 3.50. The lowest BCUT2D eigenvalue weighted by Gasteiger charge is -2.28. The highest BCUT2D eigenvalue weighted by atomic mass is 19.1. The van der Waals surface area contributed by atoms with Gasteiger partial charge in [-0.05, 0) is 51.7 Å². The minimum absolute atomic E-state index is 0.0825. The molecule has 1 saturated carbocycles. The van der Waals surface area contributed by atoms with Crippen LogP contribution in [0.3, 0.4) is 0 Å². The van der Waals surface area contributed by atoms with Crippen LogP contribution in [-0.4, -0.2) is 47.8 Å². The summed E-state index contributed by atoms with van der Waals surface area (Å²) < 4.78 is 16.0. The van der Waals surface area contributed by atoms with Crippen LogP contribution in [0.5, 0.6) is 0 Å². The second kappa shape index (κ2) is 9.20. The van der Waals surface area contributed by atoms with Crippen LogP contribution in [0, 0.1) is 5.82 Å². The molecule has 1 aliphatic carbocycles. The predicted octanol–water partition coefficient (Wildman–Crippen LogP) is 3.93. The van der Waals surface area contributed by atoms with Gasteiger partial charge in [0.25, 0.3) is 5.91 Å². The molecule has 34 heavy (non-hydrogen) atoms. The van der Waals surface area contributed by atoms with Crippen molar-refractivity contribution in [3.63, 3.8) is 0 Å². The highest BCUT2D eigenvalue weighted by molar-refractivity contribution is 6.03. The van der Waals surface area contributed by atoms with Crippen LogP contribution >= 0.6 is 0 Å². The van der Waals surface area contributed by atoms with Crippen molar-refractivity contribution in [2.45, 2.75) is 57.5 Å². The largest absolute Gasteiger partial charge is 0.380 e. The number of nitrogens with zero attached hydrogens (tertiary/aromatic N) is 5. The molecule has 176 valence electrons. The van der Waals surface area contributed by atoms with Crippen LogP contribution in [0.2, 0.25) is 0 Å². The Kier molecular flexibility index (Phi) is 5.95. The zero-order valence-electron chi connectivity index (χ0n) is 19.1. The number of hydrogen-bond acceptors (Lipinski definition) is 6. The van der Waals surface area contributed by atoms with E-state index in [0.29, 0.717) is 33.8 Å². The molecule has 4 aromatic rings. The summed E-state index contributed by atoms with van der Waals surface area (Å²) in [5, 5.41) is 18.0. The van der Waals surface area contributed by atoms with Crippen LogP contribution in [-0.2, 0) is 0 Å². The van der Waals surface area contributed by atoms with Crippen LogP contribution in [0.4, 0.5) is 10.1 Å². The molecule has 0 saturated heterocycles. The minimum Gasteiger partial charge on any atom is -0.380 e. The van der Waals surface area contributed by atoms with Gasteiger partial charge in [-0.3, -0.25) is 14.9 Å². The van der Waals surface area contributed by atoms with Crippen molar-refractivity contribution >= 4 is 17.1 Å². The lowest BCUT2D eigenvalue weighted by atomic mass is 9.85. The Morgan fingerprint density at radius 1 is 1.24 bits per heavy atom. The van der Waals surface area contributed by atoms with Crippen molar-refractivity contribution in [2.24, 2.45) is 0 Å². The van der Waals surface area contributed by atoms with Gasteiger partial charge in [-0.15, -0.1) is 0 Å². The number of carbonyl (C=O) groups excluding carboxylic acids is 1. The third-order valence-corrected chi connectivity index (χ3v) is 6.26. The van der Waals surface area contributed by atoms with Crippen LogP contribution in [0.1, 0.15) is 61.6 Å². The number of carbonyl (C=O) groups is 1. The molecule has 0 radical (unpaired) electrons. The van der Waals surface area contributed by atoms with Crippen molar-refractivity contribution in [3.8, 4) is 11.1 Å². The van der Waals surface area contributed by atoms with Gasteiger partial charge in [0.2, 0.25) is 0 Å². The van der Waals surface area contributed by atoms with Crippen molar-refractivity contribution < 1.29 is 9.18 Å². The Balaban J connectivity index is 1.40. The number of rotatable bonds is 6. The van der Waals surface area contributed by atoms with Crippen molar-refractivity contribution in [3.05, 3.63) is 60.5 Å².